The van der Waals surface area contributed by atoms with Crippen molar-refractivity contribution >= 4 is 24.3 Å². The van der Waals surface area contributed by atoms with Crippen LogP contribution in [0.25, 0.3) is 33.6 Å². The molecule has 304 valence electrons. The third-order valence-electron chi connectivity index (χ3n) is 10.7. The van der Waals surface area contributed by atoms with Crippen molar-refractivity contribution in [2.24, 2.45) is 4.99 Å². The number of alkyl carbamates (subject to hydrolysis) is 1. The minimum atomic E-state index is -0.876. The van der Waals surface area contributed by atoms with Crippen molar-refractivity contribution in [3.8, 4) is 33.6 Å². The Hall–Kier alpha value is -6.40. The van der Waals surface area contributed by atoms with Crippen molar-refractivity contribution in [3.05, 3.63) is 84.5 Å². The molecule has 2 aliphatic rings. The minimum absolute atomic E-state index is 0.165. The number of imidazole rings is 2. The first-order chi connectivity index (χ1) is 28.3. The number of methoxy groups -OCH3 is 2. The maximum atomic E-state index is 13.8. The van der Waals surface area contributed by atoms with E-state index in [0.29, 0.717) is 24.6 Å². The van der Waals surface area contributed by atoms with Crippen LogP contribution >= 0.6 is 0 Å². The van der Waals surface area contributed by atoms with Gasteiger partial charge in [0.15, 0.2) is 6.04 Å². The highest BCUT2D eigenvalue weighted by atomic mass is 17.2. The molecule has 5 heterocycles. The number of carbonyl (C=O) groups excluding carboxylic acids is 3. The van der Waals surface area contributed by atoms with Crippen molar-refractivity contribution in [2.75, 3.05) is 34.4 Å². The van der Waals surface area contributed by atoms with Crippen LogP contribution in [0, 0.1) is 0 Å². The third-order valence-corrected chi connectivity index (χ3v) is 10.7. The lowest BCUT2D eigenvalue weighted by Gasteiger charge is -2.28. The Morgan fingerprint density at radius 1 is 0.828 bits per heavy atom. The van der Waals surface area contributed by atoms with E-state index in [2.05, 4.69) is 74.8 Å². The van der Waals surface area contributed by atoms with Crippen molar-refractivity contribution in [2.45, 2.75) is 69.3 Å². The first-order valence-corrected chi connectivity index (χ1v) is 19.1. The number of aromatic nitrogens is 7. The van der Waals surface area contributed by atoms with E-state index >= 15 is 0 Å². The molecule has 5 atom stereocenters. The highest BCUT2D eigenvalue weighted by Gasteiger charge is 2.38. The molecule has 2 fully saturated rings. The Kier molecular flexibility index (Phi) is 12.5. The predicted octanol–water partition coefficient (Wildman–Crippen LogP) is 4.56. The number of carbonyl (C=O) groups is 3. The highest BCUT2D eigenvalue weighted by Crippen LogP contribution is 2.35. The van der Waals surface area contributed by atoms with E-state index in [4.69, 9.17) is 14.4 Å². The molecule has 0 unspecified atom stereocenters. The summed E-state index contributed by atoms with van der Waals surface area (Å²) in [5, 5.41) is 13.1. The zero-order valence-corrected chi connectivity index (χ0v) is 32.8. The summed E-state index contributed by atoms with van der Waals surface area (Å²) in [6.07, 6.45) is 8.38. The number of likely N-dealkylation sites (tertiary alicyclic amines) is 2. The molecule has 5 aromatic rings. The molecule has 3 amide bonds. The molecule has 0 bridgehead atoms. The number of aromatic amines is 3. The number of hydrogen-bond acceptors (Lipinski definition) is 12. The number of H-pyrrole nitrogens is 3. The first kappa shape index (κ1) is 39.8. The molecule has 18 heteroatoms. The number of hydrogen-bond donors (Lipinski definition) is 4. The minimum Gasteiger partial charge on any atom is -0.453 e. The number of aliphatic imine (C=N–C) groups is 1. The van der Waals surface area contributed by atoms with Crippen LogP contribution in [0.3, 0.4) is 0 Å². The van der Waals surface area contributed by atoms with E-state index in [0.717, 1.165) is 71.6 Å². The fourth-order valence-electron chi connectivity index (χ4n) is 7.57. The van der Waals surface area contributed by atoms with Crippen LogP contribution in [0.15, 0.2) is 72.1 Å². The summed E-state index contributed by atoms with van der Waals surface area (Å²) >= 11 is 0. The summed E-state index contributed by atoms with van der Waals surface area (Å²) in [5.41, 5.74) is 6.24. The Morgan fingerprint density at radius 3 is 1.88 bits per heavy atom. The molecule has 2 saturated heterocycles. The molecular weight excluding hydrogens is 747 g/mol. The van der Waals surface area contributed by atoms with Gasteiger partial charge in [0.2, 0.25) is 12.3 Å². The van der Waals surface area contributed by atoms with E-state index in [1.807, 2.05) is 24.3 Å². The second-order valence-electron chi connectivity index (χ2n) is 14.2. The van der Waals surface area contributed by atoms with Gasteiger partial charge >= 0.3 is 6.09 Å². The molecule has 58 heavy (non-hydrogen) atoms. The molecule has 2 aliphatic heterocycles. The van der Waals surface area contributed by atoms with Crippen molar-refractivity contribution < 1.29 is 33.6 Å². The Morgan fingerprint density at radius 2 is 1.38 bits per heavy atom. The number of ether oxygens (including phenoxy) is 2. The second-order valence-corrected chi connectivity index (χ2v) is 14.2. The zero-order valence-electron chi connectivity index (χ0n) is 32.8. The van der Waals surface area contributed by atoms with Gasteiger partial charge in [0, 0.05) is 26.6 Å². The van der Waals surface area contributed by atoms with Gasteiger partial charge in [-0.3, -0.25) is 9.59 Å². The predicted molar refractivity (Wildman–Crippen MR) is 211 cm³/mol. The highest BCUT2D eigenvalue weighted by molar-refractivity contribution is 5.86. The van der Waals surface area contributed by atoms with Gasteiger partial charge in [-0.2, -0.15) is 20.3 Å². The number of amides is 3. The van der Waals surface area contributed by atoms with Crippen molar-refractivity contribution in [3.63, 3.8) is 0 Å². The second kappa shape index (κ2) is 18.2. The van der Waals surface area contributed by atoms with Crippen molar-refractivity contribution in [1.29, 1.82) is 0 Å². The van der Waals surface area contributed by atoms with Gasteiger partial charge in [-0.25, -0.2) is 19.8 Å². The van der Waals surface area contributed by atoms with E-state index in [9.17, 15) is 14.4 Å². The third kappa shape index (κ3) is 8.77. The topological polar surface area (TPSA) is 218 Å². The monoisotopic (exact) mass is 793 g/mol. The van der Waals surface area contributed by atoms with Crippen LogP contribution in [-0.4, -0.2) is 122 Å². The van der Waals surface area contributed by atoms with Crippen LogP contribution in [-0.2, 0) is 35.3 Å². The van der Waals surface area contributed by atoms with Gasteiger partial charge in [0.1, 0.15) is 17.7 Å². The van der Waals surface area contributed by atoms with Crippen LogP contribution in [0.4, 0.5) is 4.79 Å². The standard InChI is InChI=1S/C40H47N11O7/c1-24(55-2)35(43-23-58-57-4)39(53)51-18-6-8-34(51)37-42-22-32(46-37)28-15-11-26(12-16-28)25-9-13-27(14-10-25)31-21-41-36(45-31)33-7-5-17-50(33)38(52)30(47-40(54)56-3)19-29-20-44-49-48-29/h9-16,20-24,30,33-35H,5-8,17-19H2,1-4H3,(H,41,45)(H,42,46)(H,47,54)(H,44,48,49)/t24-,30+,33+,34+,35+/m1/s1. The summed E-state index contributed by atoms with van der Waals surface area (Å²) in [7, 11) is 4.17. The average Bonchev–Trinajstić information content (AvgIpc) is 4.11. The molecular formula is C40H47N11O7. The normalized spacial score (nSPS) is 18.3. The van der Waals surface area contributed by atoms with E-state index in [1.54, 1.807) is 36.2 Å². The molecule has 7 rings (SSSR count). The van der Waals surface area contributed by atoms with Gasteiger partial charge in [0.05, 0.1) is 68.1 Å². The molecule has 0 aliphatic carbocycles. The molecule has 2 aromatic carbocycles. The van der Waals surface area contributed by atoms with Gasteiger partial charge in [-0.1, -0.05) is 48.5 Å². The van der Waals surface area contributed by atoms with E-state index in [-0.39, 0.29) is 30.3 Å². The van der Waals surface area contributed by atoms with Crippen LogP contribution < -0.4 is 5.32 Å². The number of nitrogens with one attached hydrogen (secondary N) is 4. The lowest BCUT2D eigenvalue weighted by atomic mass is 10.0. The Labute approximate surface area is 334 Å². The number of rotatable bonds is 15. The Balaban J connectivity index is 0.998. The van der Waals surface area contributed by atoms with Crippen LogP contribution in [0.1, 0.15) is 62.0 Å². The quantitative estimate of drug-likeness (QED) is 0.0499. The summed E-state index contributed by atoms with van der Waals surface area (Å²) in [4.78, 5) is 72.9. The first-order valence-electron chi connectivity index (χ1n) is 19.1. The summed E-state index contributed by atoms with van der Waals surface area (Å²) < 4.78 is 10.2. The molecule has 3 aromatic heterocycles. The zero-order chi connectivity index (χ0) is 40.6. The average molecular weight is 794 g/mol. The number of benzene rings is 2. The lowest BCUT2D eigenvalue weighted by Crippen LogP contribution is -2.49. The molecule has 0 radical (unpaired) electrons. The maximum Gasteiger partial charge on any atom is 0.407 e. The van der Waals surface area contributed by atoms with Gasteiger partial charge in [-0.05, 0) is 54.9 Å². The van der Waals surface area contributed by atoms with E-state index < -0.39 is 24.3 Å². The molecule has 18 nitrogen and oxygen atoms in total. The van der Waals surface area contributed by atoms with Gasteiger partial charge in [-0.15, -0.1) is 0 Å². The van der Waals surface area contributed by atoms with Crippen molar-refractivity contribution in [1.82, 2.24) is 50.5 Å². The van der Waals surface area contributed by atoms with Crippen LogP contribution in [0.2, 0.25) is 0 Å². The summed E-state index contributed by atoms with van der Waals surface area (Å²) in [5.74, 6) is 0.993. The summed E-state index contributed by atoms with van der Waals surface area (Å²) in [6.45, 7) is 2.91. The smallest absolute Gasteiger partial charge is 0.407 e. The lowest BCUT2D eigenvalue weighted by molar-refractivity contribution is -0.188. The Bertz CT molecular complexity index is 2170. The molecule has 0 spiro atoms. The molecule has 0 saturated carbocycles. The van der Waals surface area contributed by atoms with Gasteiger partial charge in [0.25, 0.3) is 5.91 Å². The maximum absolute atomic E-state index is 13.8. The largest absolute Gasteiger partial charge is 0.453 e. The fourth-order valence-corrected chi connectivity index (χ4v) is 7.57. The van der Waals surface area contributed by atoms with Crippen LogP contribution in [0.5, 0.6) is 0 Å². The SMILES string of the molecule is COOC=N[C@H](C(=O)N1CCC[C@H]1c1ncc(-c2ccc(-c3ccc(-c4cnc([C@@H]5CCCN5C(=O)[C@H](Cc5cn[nH]n5)NC(=O)OC)[nH]4)cc3)cc2)[nH]1)[C@@H](C)OC. The summed E-state index contributed by atoms with van der Waals surface area (Å²) in [6, 6.07) is 14.3. The number of nitrogens with zero attached hydrogens (tertiary/aromatic N) is 7. The molecule has 4 N–H and O–H groups in total. The van der Waals surface area contributed by atoms with Gasteiger partial charge < -0.3 is 39.4 Å². The van der Waals surface area contributed by atoms with E-state index in [1.165, 1.54) is 20.4 Å². The fraction of sp³-hybridized carbons (Fsp3) is 0.400.